The van der Waals surface area contributed by atoms with Crippen molar-refractivity contribution in [2.45, 2.75) is 44.2 Å². The molecule has 0 spiro atoms. The van der Waals surface area contributed by atoms with Gasteiger partial charge in [-0.15, -0.1) is 11.3 Å². The van der Waals surface area contributed by atoms with Crippen LogP contribution in [0.5, 0.6) is 5.75 Å². The van der Waals surface area contributed by atoms with Gasteiger partial charge in [-0.05, 0) is 48.9 Å². The van der Waals surface area contributed by atoms with Crippen LogP contribution in [0.25, 0.3) is 20.4 Å². The number of ether oxygens (including phenoxy) is 1. The second-order valence-corrected chi connectivity index (χ2v) is 10.6. The van der Waals surface area contributed by atoms with Crippen molar-refractivity contribution in [2.24, 2.45) is 5.73 Å². The number of fused-ring (bicyclic) bond motifs is 6. The summed E-state index contributed by atoms with van der Waals surface area (Å²) in [4.78, 5) is 21.0. The first-order chi connectivity index (χ1) is 17.7. The van der Waals surface area contributed by atoms with Gasteiger partial charge >= 0.3 is 6.18 Å². The largest absolute Gasteiger partial charge is 0.438 e. The van der Waals surface area contributed by atoms with E-state index in [1.807, 2.05) is 6.07 Å². The van der Waals surface area contributed by atoms with Gasteiger partial charge in [-0.3, -0.25) is 4.79 Å². The number of rotatable bonds is 1. The highest BCUT2D eigenvalue weighted by atomic mass is 35.5. The fraction of sp³-hybridized carbons (Fsp3) is 0.269. The number of aromatic nitrogens is 2. The molecular weight excluding hydrogens is 525 g/mol. The Morgan fingerprint density at radius 1 is 1.19 bits per heavy atom. The number of alkyl halides is 3. The Hall–Kier alpha value is -3.55. The van der Waals surface area contributed by atoms with E-state index in [2.05, 4.69) is 9.97 Å². The highest BCUT2D eigenvalue weighted by Crippen LogP contribution is 2.50. The summed E-state index contributed by atoms with van der Waals surface area (Å²) in [6.45, 7) is 0. The van der Waals surface area contributed by atoms with Crippen LogP contribution in [-0.2, 0) is 19.0 Å². The molecule has 2 aliphatic rings. The smallest absolute Gasteiger partial charge is 0.417 e. The number of hydrogen-bond donors (Lipinski definition) is 2. The van der Waals surface area contributed by atoms with Crippen molar-refractivity contribution in [1.82, 2.24) is 9.97 Å². The molecule has 0 amide bonds. The summed E-state index contributed by atoms with van der Waals surface area (Å²) in [5.74, 6) is -1.04. The Labute approximate surface area is 217 Å². The van der Waals surface area contributed by atoms with Crippen LogP contribution < -0.4 is 16.0 Å². The molecular formula is C26H18ClF3N4O2S. The third-order valence-electron chi connectivity index (χ3n) is 6.96. The number of nitrogens with two attached hydrogens (primary N) is 1. The number of benzene rings is 1. The second-order valence-electron chi connectivity index (χ2n) is 9.13. The molecule has 188 valence electrons. The van der Waals surface area contributed by atoms with Gasteiger partial charge in [0.15, 0.2) is 5.75 Å². The van der Waals surface area contributed by atoms with Gasteiger partial charge in [0.05, 0.1) is 27.3 Å². The van der Waals surface area contributed by atoms with Crippen molar-refractivity contribution in [3.8, 4) is 11.8 Å². The minimum absolute atomic E-state index is 0.0127. The minimum Gasteiger partial charge on any atom is -0.438 e. The molecule has 6 nitrogen and oxygen atoms in total. The van der Waals surface area contributed by atoms with Gasteiger partial charge < -0.3 is 15.5 Å². The van der Waals surface area contributed by atoms with E-state index < -0.39 is 23.2 Å². The maximum Gasteiger partial charge on any atom is 0.417 e. The van der Waals surface area contributed by atoms with Crippen molar-refractivity contribution in [3.05, 3.63) is 79.0 Å². The highest BCUT2D eigenvalue weighted by Gasteiger charge is 2.41. The summed E-state index contributed by atoms with van der Waals surface area (Å²) in [5, 5.41) is 10.2. The summed E-state index contributed by atoms with van der Waals surface area (Å²) in [6.07, 6.45) is -1.66. The Morgan fingerprint density at radius 3 is 2.62 bits per heavy atom. The molecule has 4 aromatic rings. The molecule has 0 saturated carbocycles. The predicted octanol–water partition coefficient (Wildman–Crippen LogP) is 6.30. The molecule has 0 bridgehead atoms. The van der Waals surface area contributed by atoms with Gasteiger partial charge in [0.1, 0.15) is 16.5 Å². The van der Waals surface area contributed by atoms with E-state index in [1.54, 1.807) is 24.3 Å². The number of halogens is 4. The standard InChI is InChI=1S/C26H18ClF3N4O2S/c27-12-8-6-11(7-9-12)16-14(10-31)23(32)36-21-17(16)24(35)34-20-18-19(26(28,29)30)13-4-2-1-3-5-15(13)33-25(18)37-22(20)21/h6-9,16H,1-5,32H2,(H,34,35). The summed E-state index contributed by atoms with van der Waals surface area (Å²) in [5.41, 5.74) is 6.07. The Morgan fingerprint density at radius 2 is 1.92 bits per heavy atom. The number of H-pyrrole nitrogens is 1. The van der Waals surface area contributed by atoms with Gasteiger partial charge in [-0.2, -0.15) is 18.4 Å². The zero-order valence-electron chi connectivity index (χ0n) is 19.1. The van der Waals surface area contributed by atoms with E-state index in [0.717, 1.165) is 24.2 Å². The van der Waals surface area contributed by atoms with E-state index in [0.29, 0.717) is 33.8 Å². The third kappa shape index (κ3) is 3.68. The van der Waals surface area contributed by atoms with E-state index in [9.17, 15) is 23.2 Å². The Bertz CT molecular complexity index is 1730. The molecule has 4 heterocycles. The molecule has 3 N–H and O–H groups in total. The van der Waals surface area contributed by atoms with Crippen LogP contribution in [0.4, 0.5) is 13.2 Å². The second kappa shape index (κ2) is 8.50. The molecule has 6 rings (SSSR count). The number of nitriles is 1. The molecule has 1 unspecified atom stereocenters. The molecule has 37 heavy (non-hydrogen) atoms. The molecule has 0 saturated heterocycles. The number of aromatic amines is 1. The van der Waals surface area contributed by atoms with E-state index in [-0.39, 0.29) is 50.5 Å². The Balaban J connectivity index is 1.71. The van der Waals surface area contributed by atoms with Gasteiger partial charge in [0.2, 0.25) is 5.88 Å². The van der Waals surface area contributed by atoms with Crippen molar-refractivity contribution in [2.75, 3.05) is 0 Å². The minimum atomic E-state index is -4.64. The van der Waals surface area contributed by atoms with Crippen LogP contribution in [0.3, 0.4) is 0 Å². The maximum atomic E-state index is 14.5. The molecule has 1 aromatic carbocycles. The van der Waals surface area contributed by atoms with E-state index >= 15 is 0 Å². The number of nitrogens with one attached hydrogen (secondary N) is 1. The summed E-state index contributed by atoms with van der Waals surface area (Å²) < 4.78 is 49.7. The average Bonchev–Trinajstić information content (AvgIpc) is 3.03. The molecule has 3 aromatic heterocycles. The van der Waals surface area contributed by atoms with Gasteiger partial charge in [-0.1, -0.05) is 30.2 Å². The van der Waals surface area contributed by atoms with Crippen molar-refractivity contribution >= 4 is 43.4 Å². The molecule has 1 atom stereocenters. The first-order valence-electron chi connectivity index (χ1n) is 11.6. The fourth-order valence-electron chi connectivity index (χ4n) is 5.38. The summed E-state index contributed by atoms with van der Waals surface area (Å²) in [6, 6.07) is 8.60. The Kier molecular flexibility index (Phi) is 5.47. The third-order valence-corrected chi connectivity index (χ3v) is 8.30. The van der Waals surface area contributed by atoms with Crippen molar-refractivity contribution in [1.29, 1.82) is 5.26 Å². The number of nitrogens with zero attached hydrogens (tertiary/aromatic N) is 2. The quantitative estimate of drug-likeness (QED) is 0.275. The summed E-state index contributed by atoms with van der Waals surface area (Å²) >= 11 is 7.05. The van der Waals surface area contributed by atoms with Gasteiger partial charge in [0, 0.05) is 16.1 Å². The first-order valence-corrected chi connectivity index (χ1v) is 12.8. The molecule has 1 aliphatic carbocycles. The monoisotopic (exact) mass is 542 g/mol. The van der Waals surface area contributed by atoms with Crippen LogP contribution >= 0.6 is 22.9 Å². The van der Waals surface area contributed by atoms with Crippen LogP contribution in [0.2, 0.25) is 5.02 Å². The number of pyridine rings is 2. The number of hydrogen-bond acceptors (Lipinski definition) is 6. The normalized spacial score (nSPS) is 17.8. The lowest BCUT2D eigenvalue weighted by Gasteiger charge is -2.26. The lowest BCUT2D eigenvalue weighted by molar-refractivity contribution is -0.136. The highest BCUT2D eigenvalue weighted by molar-refractivity contribution is 7.25. The first kappa shape index (κ1) is 23.8. The van der Waals surface area contributed by atoms with Crippen LogP contribution in [0.15, 0.2) is 40.5 Å². The number of allylic oxidation sites excluding steroid dienone is 1. The fourth-order valence-corrected chi connectivity index (χ4v) is 6.66. The number of aryl methyl sites for hydroxylation is 1. The predicted molar refractivity (Wildman–Crippen MR) is 135 cm³/mol. The van der Waals surface area contributed by atoms with E-state index in [4.69, 9.17) is 22.1 Å². The topological polar surface area (TPSA) is 105 Å². The summed E-state index contributed by atoms with van der Waals surface area (Å²) in [7, 11) is 0. The van der Waals surface area contributed by atoms with Crippen molar-refractivity contribution < 1.29 is 17.9 Å². The van der Waals surface area contributed by atoms with E-state index in [1.165, 1.54) is 0 Å². The van der Waals surface area contributed by atoms with Crippen LogP contribution in [-0.4, -0.2) is 9.97 Å². The SMILES string of the molecule is N#CC1=C(N)Oc2c(c(=O)[nH]c3c2sc2nc4c(c(C(F)(F)F)c23)CCCCC4)C1c1ccc(Cl)cc1. The molecule has 0 radical (unpaired) electrons. The molecule has 11 heteroatoms. The lowest BCUT2D eigenvalue weighted by Crippen LogP contribution is -2.27. The maximum absolute atomic E-state index is 14.5. The molecule has 0 fully saturated rings. The van der Waals surface area contributed by atoms with Crippen molar-refractivity contribution in [3.63, 3.8) is 0 Å². The van der Waals surface area contributed by atoms with Gasteiger partial charge in [-0.25, -0.2) is 4.98 Å². The van der Waals surface area contributed by atoms with Crippen LogP contribution in [0.1, 0.15) is 53.1 Å². The zero-order chi connectivity index (χ0) is 26.1. The lowest BCUT2D eigenvalue weighted by atomic mass is 9.84. The zero-order valence-corrected chi connectivity index (χ0v) is 20.7. The number of thiophene rings is 1. The van der Waals surface area contributed by atoms with Gasteiger partial charge in [0.25, 0.3) is 5.56 Å². The van der Waals surface area contributed by atoms with Crippen LogP contribution in [0, 0.1) is 11.3 Å². The average molecular weight is 543 g/mol. The molecule has 1 aliphatic heterocycles.